The van der Waals surface area contributed by atoms with Gasteiger partial charge in [0.1, 0.15) is 31.5 Å². The van der Waals surface area contributed by atoms with Crippen molar-refractivity contribution in [3.8, 4) is 5.75 Å². The summed E-state index contributed by atoms with van der Waals surface area (Å²) in [5, 5.41) is 15.1. The highest BCUT2D eigenvalue weighted by atomic mass is 16.5. The zero-order valence-electron chi connectivity index (χ0n) is 15.3. The lowest BCUT2D eigenvalue weighted by Gasteiger charge is -2.13. The molecule has 0 aliphatic rings. The molecule has 0 saturated carbocycles. The van der Waals surface area contributed by atoms with Crippen molar-refractivity contribution >= 4 is 21.8 Å². The molecular weight excluding hydrogens is 336 g/mol. The molecule has 4 nitrogen and oxygen atoms in total. The van der Waals surface area contributed by atoms with Crippen molar-refractivity contribution in [3.63, 3.8) is 0 Å². The fourth-order valence-corrected chi connectivity index (χ4v) is 3.57. The van der Waals surface area contributed by atoms with Gasteiger partial charge in [0.25, 0.3) is 0 Å². The molecule has 0 bridgehead atoms. The molecule has 4 aromatic rings. The number of hydrogen-bond donors (Lipinski definition) is 2. The van der Waals surface area contributed by atoms with Crippen molar-refractivity contribution in [1.29, 1.82) is 0 Å². The molecule has 0 unspecified atom stereocenters. The Morgan fingerprint density at radius 1 is 0.815 bits per heavy atom. The molecular formula is C23H25N2O2+. The molecule has 0 aliphatic carbocycles. The first-order valence-corrected chi connectivity index (χ1v) is 9.46. The number of fused-ring (bicyclic) bond motifs is 3. The molecule has 4 rings (SSSR count). The summed E-state index contributed by atoms with van der Waals surface area (Å²) in [5.41, 5.74) is 2.34. The van der Waals surface area contributed by atoms with Crippen LogP contribution in [0.4, 0.5) is 0 Å². The standard InChI is InChI=1S/C23H24N2O2/c26-18(16-24-14-15-27-19-8-2-1-3-9-19)17-25-22-12-6-4-10-20(22)21-11-5-7-13-23(21)25/h1-13,18,24,26H,14-17H2/p+1/t18-/m0/s1. The number of aliphatic hydroxyl groups excluding tert-OH is 1. The highest BCUT2D eigenvalue weighted by molar-refractivity contribution is 6.07. The number of aromatic nitrogens is 1. The maximum atomic E-state index is 10.6. The Labute approximate surface area is 159 Å². The minimum absolute atomic E-state index is 0.416. The van der Waals surface area contributed by atoms with Gasteiger partial charge in [0.2, 0.25) is 0 Å². The Morgan fingerprint density at radius 3 is 2.07 bits per heavy atom. The molecule has 0 aliphatic heterocycles. The first kappa shape index (κ1) is 17.6. The van der Waals surface area contributed by atoms with Gasteiger partial charge in [-0.3, -0.25) is 0 Å². The second-order valence-corrected chi connectivity index (χ2v) is 6.77. The van der Waals surface area contributed by atoms with Gasteiger partial charge in [-0.15, -0.1) is 0 Å². The summed E-state index contributed by atoms with van der Waals surface area (Å²) in [6.45, 7) is 2.69. The summed E-state index contributed by atoms with van der Waals surface area (Å²) >= 11 is 0. The number of hydrogen-bond acceptors (Lipinski definition) is 2. The summed E-state index contributed by atoms with van der Waals surface area (Å²) in [6, 6.07) is 26.6. The van der Waals surface area contributed by atoms with Gasteiger partial charge in [-0.25, -0.2) is 0 Å². The highest BCUT2D eigenvalue weighted by Gasteiger charge is 2.14. The zero-order valence-corrected chi connectivity index (χ0v) is 15.3. The van der Waals surface area contributed by atoms with Crippen LogP contribution in [0.1, 0.15) is 0 Å². The van der Waals surface area contributed by atoms with Crippen LogP contribution >= 0.6 is 0 Å². The largest absolute Gasteiger partial charge is 0.488 e. The molecule has 0 spiro atoms. The fraction of sp³-hybridized carbons (Fsp3) is 0.217. The average molecular weight is 361 g/mol. The van der Waals surface area contributed by atoms with Crippen LogP contribution < -0.4 is 10.1 Å². The minimum atomic E-state index is -0.416. The van der Waals surface area contributed by atoms with E-state index in [1.54, 1.807) is 0 Å². The molecule has 1 atom stereocenters. The first-order valence-electron chi connectivity index (χ1n) is 9.46. The summed E-state index contributed by atoms with van der Waals surface area (Å²) in [4.78, 5) is 0. The molecule has 138 valence electrons. The Hall–Kier alpha value is -2.82. The molecule has 0 radical (unpaired) electrons. The Morgan fingerprint density at radius 2 is 1.41 bits per heavy atom. The number of rotatable bonds is 8. The molecule has 3 aromatic carbocycles. The third-order valence-corrected chi connectivity index (χ3v) is 4.85. The predicted octanol–water partition coefficient (Wildman–Crippen LogP) is 2.80. The SMILES string of the molecule is O[C@@H](C[NH2+]CCOc1ccccc1)Cn1c2ccccc2c2ccccc21. The van der Waals surface area contributed by atoms with Crippen LogP contribution in [0.15, 0.2) is 78.9 Å². The summed E-state index contributed by atoms with van der Waals surface area (Å²) in [5.74, 6) is 0.886. The minimum Gasteiger partial charge on any atom is -0.488 e. The molecule has 1 aromatic heterocycles. The number of benzene rings is 3. The first-order chi connectivity index (χ1) is 13.3. The van der Waals surface area contributed by atoms with E-state index in [4.69, 9.17) is 4.74 Å². The van der Waals surface area contributed by atoms with Crippen molar-refractivity contribution in [2.45, 2.75) is 12.6 Å². The Bertz CT molecular complexity index is 957. The maximum absolute atomic E-state index is 10.6. The molecule has 0 saturated heterocycles. The second kappa shape index (κ2) is 8.25. The van der Waals surface area contributed by atoms with Crippen LogP contribution in [0.25, 0.3) is 21.8 Å². The number of ether oxygens (including phenoxy) is 1. The van der Waals surface area contributed by atoms with Crippen LogP contribution in [0.5, 0.6) is 5.75 Å². The van der Waals surface area contributed by atoms with Gasteiger partial charge < -0.3 is 19.7 Å². The van der Waals surface area contributed by atoms with E-state index >= 15 is 0 Å². The summed E-state index contributed by atoms with van der Waals surface area (Å²) < 4.78 is 7.92. The van der Waals surface area contributed by atoms with Crippen molar-refractivity contribution in [2.75, 3.05) is 19.7 Å². The van der Waals surface area contributed by atoms with E-state index in [1.165, 1.54) is 21.8 Å². The van der Waals surface area contributed by atoms with Crippen molar-refractivity contribution in [2.24, 2.45) is 0 Å². The summed E-state index contributed by atoms with van der Waals surface area (Å²) in [7, 11) is 0. The third-order valence-electron chi connectivity index (χ3n) is 4.85. The molecule has 4 heteroatoms. The Balaban J connectivity index is 1.36. The topological polar surface area (TPSA) is 51.0 Å². The number of aliphatic hydroxyl groups is 1. The predicted molar refractivity (Wildman–Crippen MR) is 109 cm³/mol. The van der Waals surface area contributed by atoms with Crippen LogP contribution in [0, 0.1) is 0 Å². The molecule has 27 heavy (non-hydrogen) atoms. The van der Waals surface area contributed by atoms with Crippen LogP contribution in [-0.4, -0.2) is 35.5 Å². The van der Waals surface area contributed by atoms with Crippen molar-refractivity contribution in [3.05, 3.63) is 78.9 Å². The number of nitrogens with two attached hydrogens (primary N) is 1. The van der Waals surface area contributed by atoms with E-state index in [2.05, 4.69) is 58.4 Å². The number of nitrogens with zero attached hydrogens (tertiary/aromatic N) is 1. The lowest BCUT2D eigenvalue weighted by atomic mass is 10.2. The van der Waals surface area contributed by atoms with Gasteiger partial charge in [0.05, 0.1) is 6.54 Å². The van der Waals surface area contributed by atoms with Crippen LogP contribution in [0.2, 0.25) is 0 Å². The third kappa shape index (κ3) is 3.97. The monoisotopic (exact) mass is 361 g/mol. The van der Waals surface area contributed by atoms with Gasteiger partial charge in [0, 0.05) is 21.8 Å². The van der Waals surface area contributed by atoms with Gasteiger partial charge in [-0.2, -0.15) is 0 Å². The quantitative estimate of drug-likeness (QED) is 0.474. The zero-order chi connectivity index (χ0) is 18.5. The van der Waals surface area contributed by atoms with Crippen LogP contribution in [0.3, 0.4) is 0 Å². The summed E-state index contributed by atoms with van der Waals surface area (Å²) in [6.07, 6.45) is -0.416. The van der Waals surface area contributed by atoms with E-state index in [1.807, 2.05) is 30.3 Å². The van der Waals surface area contributed by atoms with E-state index in [0.717, 1.165) is 12.3 Å². The highest BCUT2D eigenvalue weighted by Crippen LogP contribution is 2.28. The maximum Gasteiger partial charge on any atom is 0.137 e. The number of para-hydroxylation sites is 3. The van der Waals surface area contributed by atoms with Gasteiger partial charge in [-0.1, -0.05) is 54.6 Å². The van der Waals surface area contributed by atoms with Crippen LogP contribution in [-0.2, 0) is 6.54 Å². The van der Waals surface area contributed by atoms with Gasteiger partial charge >= 0.3 is 0 Å². The van der Waals surface area contributed by atoms with E-state index in [0.29, 0.717) is 19.7 Å². The smallest absolute Gasteiger partial charge is 0.137 e. The lowest BCUT2D eigenvalue weighted by Crippen LogP contribution is -2.87. The average Bonchev–Trinajstić information content (AvgIpc) is 3.03. The van der Waals surface area contributed by atoms with E-state index in [9.17, 15) is 5.11 Å². The van der Waals surface area contributed by atoms with Crippen molar-refractivity contribution < 1.29 is 15.2 Å². The molecule has 3 N–H and O–H groups in total. The number of quaternary nitrogens is 1. The molecule has 1 heterocycles. The van der Waals surface area contributed by atoms with E-state index in [-0.39, 0.29) is 0 Å². The molecule has 0 fully saturated rings. The van der Waals surface area contributed by atoms with Gasteiger partial charge in [0.15, 0.2) is 0 Å². The fourth-order valence-electron chi connectivity index (χ4n) is 3.57. The van der Waals surface area contributed by atoms with E-state index < -0.39 is 6.10 Å². The molecule has 0 amide bonds. The van der Waals surface area contributed by atoms with Gasteiger partial charge in [-0.05, 0) is 24.3 Å². The lowest BCUT2D eigenvalue weighted by molar-refractivity contribution is -0.661. The second-order valence-electron chi connectivity index (χ2n) is 6.77. The normalized spacial score (nSPS) is 12.5. The van der Waals surface area contributed by atoms with Crippen molar-refractivity contribution in [1.82, 2.24) is 4.57 Å². The Kier molecular flexibility index (Phi) is 5.37.